The molecular formula is C16H25N3O3S. The Balaban J connectivity index is 2.12. The van der Waals surface area contributed by atoms with Crippen LogP contribution in [-0.4, -0.2) is 57.6 Å². The number of anilines is 1. The molecule has 1 heterocycles. The van der Waals surface area contributed by atoms with E-state index in [4.69, 9.17) is 0 Å². The average molecular weight is 339 g/mol. The number of hydrogen-bond donors (Lipinski definition) is 1. The first-order valence-electron chi connectivity index (χ1n) is 7.76. The fraction of sp³-hybridized carbons (Fsp3) is 0.562. The van der Waals surface area contributed by atoms with Gasteiger partial charge in [0.05, 0.1) is 11.2 Å². The molecule has 1 aromatic carbocycles. The van der Waals surface area contributed by atoms with Crippen molar-refractivity contribution in [1.82, 2.24) is 9.62 Å². The standard InChI is InChI=1S/C16H25N3O3S/c1-16(2,13-23(21,22)19-11-9-17-10-12-19)15(20)18(3)14-7-5-4-6-8-14/h4-8,17H,9-13H2,1-3H3. The van der Waals surface area contributed by atoms with E-state index >= 15 is 0 Å². The summed E-state index contributed by atoms with van der Waals surface area (Å²) in [6.45, 7) is 5.60. The fourth-order valence-electron chi connectivity index (χ4n) is 2.75. The van der Waals surface area contributed by atoms with Gasteiger partial charge in [-0.2, -0.15) is 4.31 Å². The molecule has 0 saturated carbocycles. The van der Waals surface area contributed by atoms with Gasteiger partial charge in [-0.3, -0.25) is 4.79 Å². The van der Waals surface area contributed by atoms with Crippen LogP contribution in [0.1, 0.15) is 13.8 Å². The van der Waals surface area contributed by atoms with Crippen LogP contribution in [0.5, 0.6) is 0 Å². The summed E-state index contributed by atoms with van der Waals surface area (Å²) in [5.74, 6) is -0.391. The maximum Gasteiger partial charge on any atom is 0.233 e. The fourth-order valence-corrected chi connectivity index (χ4v) is 4.71. The van der Waals surface area contributed by atoms with E-state index in [2.05, 4.69) is 5.32 Å². The molecule has 0 aromatic heterocycles. The van der Waals surface area contributed by atoms with E-state index in [9.17, 15) is 13.2 Å². The predicted octanol–water partition coefficient (Wildman–Crippen LogP) is 0.911. The number of carbonyl (C=O) groups is 1. The van der Waals surface area contributed by atoms with Gasteiger partial charge in [-0.25, -0.2) is 8.42 Å². The van der Waals surface area contributed by atoms with Gasteiger partial charge >= 0.3 is 0 Å². The number of benzene rings is 1. The Hall–Kier alpha value is -1.44. The van der Waals surface area contributed by atoms with Gasteiger partial charge in [-0.1, -0.05) is 18.2 Å². The molecule has 1 N–H and O–H groups in total. The summed E-state index contributed by atoms with van der Waals surface area (Å²) >= 11 is 0. The maximum absolute atomic E-state index is 12.8. The highest BCUT2D eigenvalue weighted by molar-refractivity contribution is 7.89. The molecule has 0 bridgehead atoms. The quantitative estimate of drug-likeness (QED) is 0.866. The Labute approximate surface area is 138 Å². The van der Waals surface area contributed by atoms with Crippen LogP contribution in [0.2, 0.25) is 0 Å². The van der Waals surface area contributed by atoms with Gasteiger partial charge in [0.25, 0.3) is 0 Å². The van der Waals surface area contributed by atoms with E-state index in [1.54, 1.807) is 20.9 Å². The van der Waals surface area contributed by atoms with Gasteiger partial charge in [-0.05, 0) is 26.0 Å². The zero-order valence-electron chi connectivity index (χ0n) is 13.9. The second kappa shape index (κ2) is 6.98. The molecule has 7 heteroatoms. The number of nitrogens with one attached hydrogen (secondary N) is 1. The lowest BCUT2D eigenvalue weighted by Gasteiger charge is -2.33. The van der Waals surface area contributed by atoms with Gasteiger partial charge in [0, 0.05) is 38.9 Å². The minimum absolute atomic E-state index is 0.185. The van der Waals surface area contributed by atoms with Gasteiger partial charge in [0.15, 0.2) is 0 Å². The van der Waals surface area contributed by atoms with Crippen molar-refractivity contribution < 1.29 is 13.2 Å². The van der Waals surface area contributed by atoms with E-state index < -0.39 is 15.4 Å². The number of carbonyl (C=O) groups excluding carboxylic acids is 1. The van der Waals surface area contributed by atoms with Crippen molar-refractivity contribution in [2.45, 2.75) is 13.8 Å². The van der Waals surface area contributed by atoms with Crippen molar-refractivity contribution in [3.05, 3.63) is 30.3 Å². The normalized spacial score (nSPS) is 17.0. The number of nitrogens with zero attached hydrogens (tertiary/aromatic N) is 2. The molecule has 1 aromatic rings. The van der Waals surface area contributed by atoms with Gasteiger partial charge in [0.2, 0.25) is 15.9 Å². The summed E-state index contributed by atoms with van der Waals surface area (Å²) < 4.78 is 26.7. The van der Waals surface area contributed by atoms with Crippen LogP contribution in [-0.2, 0) is 14.8 Å². The number of hydrogen-bond acceptors (Lipinski definition) is 4. The molecule has 0 radical (unpaired) electrons. The van der Waals surface area contributed by atoms with E-state index in [0.29, 0.717) is 26.2 Å². The molecule has 0 spiro atoms. The smallest absolute Gasteiger partial charge is 0.233 e. The minimum Gasteiger partial charge on any atom is -0.315 e. The molecule has 1 amide bonds. The second-order valence-electron chi connectivity index (χ2n) is 6.49. The monoisotopic (exact) mass is 339 g/mol. The SMILES string of the molecule is CN(C(=O)C(C)(C)CS(=O)(=O)N1CCNCC1)c1ccccc1. The van der Waals surface area contributed by atoms with E-state index in [-0.39, 0.29) is 11.7 Å². The highest BCUT2D eigenvalue weighted by atomic mass is 32.2. The lowest BCUT2D eigenvalue weighted by Crippen LogP contribution is -2.51. The number of sulfonamides is 1. The molecule has 0 aliphatic carbocycles. The highest BCUT2D eigenvalue weighted by Crippen LogP contribution is 2.25. The second-order valence-corrected chi connectivity index (χ2v) is 8.46. The first-order chi connectivity index (χ1) is 10.7. The Bertz CT molecular complexity index is 638. The molecule has 6 nitrogen and oxygen atoms in total. The van der Waals surface area contributed by atoms with Gasteiger partial charge in [0.1, 0.15) is 0 Å². The van der Waals surface area contributed by atoms with E-state index in [1.807, 2.05) is 30.3 Å². The number of para-hydroxylation sites is 1. The van der Waals surface area contributed by atoms with Crippen molar-refractivity contribution in [2.24, 2.45) is 5.41 Å². The first-order valence-corrected chi connectivity index (χ1v) is 9.37. The third-order valence-electron chi connectivity index (χ3n) is 4.04. The van der Waals surface area contributed by atoms with Crippen LogP contribution in [0, 0.1) is 5.41 Å². The number of piperazine rings is 1. The number of amides is 1. The molecule has 0 unspecified atom stereocenters. The van der Waals surface area contributed by atoms with Crippen LogP contribution in [0.25, 0.3) is 0 Å². The molecule has 1 aliphatic rings. The maximum atomic E-state index is 12.8. The Morgan fingerprint density at radius 1 is 1.22 bits per heavy atom. The van der Waals surface area contributed by atoms with Gasteiger partial charge < -0.3 is 10.2 Å². The molecule has 1 fully saturated rings. The Morgan fingerprint density at radius 2 is 1.78 bits per heavy atom. The zero-order valence-corrected chi connectivity index (χ0v) is 14.8. The average Bonchev–Trinajstić information content (AvgIpc) is 2.54. The Kier molecular flexibility index (Phi) is 5.44. The largest absolute Gasteiger partial charge is 0.315 e. The van der Waals surface area contributed by atoms with E-state index in [1.165, 1.54) is 9.21 Å². The van der Waals surface area contributed by atoms with Crippen LogP contribution < -0.4 is 10.2 Å². The van der Waals surface area contributed by atoms with Crippen molar-refractivity contribution in [1.29, 1.82) is 0 Å². The van der Waals surface area contributed by atoms with Crippen LogP contribution in [0.4, 0.5) is 5.69 Å². The molecule has 1 saturated heterocycles. The summed E-state index contributed by atoms with van der Waals surface area (Å²) in [5, 5.41) is 3.13. The summed E-state index contributed by atoms with van der Waals surface area (Å²) in [4.78, 5) is 14.3. The van der Waals surface area contributed by atoms with E-state index in [0.717, 1.165) is 5.69 Å². The Morgan fingerprint density at radius 3 is 2.35 bits per heavy atom. The summed E-state index contributed by atoms with van der Waals surface area (Å²) in [5.41, 5.74) is -0.237. The summed E-state index contributed by atoms with van der Waals surface area (Å²) in [7, 11) is -1.78. The molecule has 23 heavy (non-hydrogen) atoms. The predicted molar refractivity (Wildman–Crippen MR) is 91.9 cm³/mol. The minimum atomic E-state index is -3.46. The third kappa shape index (κ3) is 4.31. The summed E-state index contributed by atoms with van der Waals surface area (Å²) in [6.07, 6.45) is 0. The summed E-state index contributed by atoms with van der Waals surface area (Å²) in [6, 6.07) is 9.24. The molecule has 128 valence electrons. The molecule has 1 aliphatic heterocycles. The topological polar surface area (TPSA) is 69.7 Å². The molecule has 0 atom stereocenters. The van der Waals surface area contributed by atoms with Crippen molar-refractivity contribution in [2.75, 3.05) is 43.9 Å². The molecular weight excluding hydrogens is 314 g/mol. The third-order valence-corrected chi connectivity index (χ3v) is 6.28. The highest BCUT2D eigenvalue weighted by Gasteiger charge is 2.38. The lowest BCUT2D eigenvalue weighted by atomic mass is 9.94. The van der Waals surface area contributed by atoms with Crippen LogP contribution in [0.3, 0.4) is 0 Å². The van der Waals surface area contributed by atoms with Crippen molar-refractivity contribution >= 4 is 21.6 Å². The lowest BCUT2D eigenvalue weighted by molar-refractivity contribution is -0.125. The molecule has 2 rings (SSSR count). The zero-order chi connectivity index (χ0) is 17.1. The number of rotatable bonds is 5. The van der Waals surface area contributed by atoms with Crippen molar-refractivity contribution in [3.63, 3.8) is 0 Å². The van der Waals surface area contributed by atoms with Crippen LogP contribution in [0.15, 0.2) is 30.3 Å². The van der Waals surface area contributed by atoms with Crippen LogP contribution >= 0.6 is 0 Å². The van der Waals surface area contributed by atoms with Gasteiger partial charge in [-0.15, -0.1) is 0 Å². The first kappa shape index (κ1) is 17.9. The van der Waals surface area contributed by atoms with Crippen molar-refractivity contribution in [3.8, 4) is 0 Å².